The minimum atomic E-state index is 0.701. The van der Waals surface area contributed by atoms with Crippen LogP contribution in [0.5, 0.6) is 0 Å². The highest BCUT2D eigenvalue weighted by Crippen LogP contribution is 2.30. The minimum absolute atomic E-state index is 0.701. The fourth-order valence-corrected chi connectivity index (χ4v) is 2.71. The molecule has 0 N–H and O–H groups in total. The molecule has 0 saturated heterocycles. The monoisotopic (exact) mass is 239 g/mol. The van der Waals surface area contributed by atoms with Gasteiger partial charge in [0.05, 0.1) is 5.52 Å². The van der Waals surface area contributed by atoms with Crippen LogP contribution < -0.4 is 5.46 Å². The van der Waals surface area contributed by atoms with Crippen molar-refractivity contribution < 1.29 is 0 Å². The highest BCUT2D eigenvalue weighted by atomic mass is 14.6. The average Bonchev–Trinajstić information content (AvgIpc) is 2.46. The molecule has 4 rings (SSSR count). The molecule has 2 heteroatoms. The summed E-state index contributed by atoms with van der Waals surface area (Å²) in [4.78, 5) is 4.53. The van der Waals surface area contributed by atoms with Crippen molar-refractivity contribution in [2.24, 2.45) is 0 Å². The Kier molecular flexibility index (Phi) is 2.13. The first kappa shape index (κ1) is 10.6. The van der Waals surface area contributed by atoms with Crippen molar-refractivity contribution in [3.05, 3.63) is 60.8 Å². The molecule has 1 heterocycles. The number of nitrogens with zero attached hydrogens (tertiary/aromatic N) is 1. The molecule has 0 atom stereocenters. The van der Waals surface area contributed by atoms with Crippen molar-refractivity contribution in [2.45, 2.75) is 0 Å². The number of hydrogen-bond donors (Lipinski definition) is 0. The lowest BCUT2D eigenvalue weighted by Crippen LogP contribution is -2.02. The highest BCUT2D eigenvalue weighted by molar-refractivity contribution is 6.33. The quantitative estimate of drug-likeness (QED) is 0.339. The zero-order valence-electron chi connectivity index (χ0n) is 10.3. The van der Waals surface area contributed by atoms with Gasteiger partial charge in [-0.25, -0.2) is 0 Å². The third kappa shape index (κ3) is 1.53. The number of pyridine rings is 1. The Morgan fingerprint density at radius 2 is 1.53 bits per heavy atom. The van der Waals surface area contributed by atoms with Crippen LogP contribution in [0.2, 0.25) is 0 Å². The normalized spacial score (nSPS) is 11.4. The van der Waals surface area contributed by atoms with Gasteiger partial charge in [0.25, 0.3) is 0 Å². The molecule has 0 aliphatic heterocycles. The maximum absolute atomic E-state index is 5.82. The van der Waals surface area contributed by atoms with Gasteiger partial charge < -0.3 is 0 Å². The van der Waals surface area contributed by atoms with E-state index in [4.69, 9.17) is 7.85 Å². The second-order valence-electron chi connectivity index (χ2n) is 4.79. The molecule has 19 heavy (non-hydrogen) atoms. The van der Waals surface area contributed by atoms with E-state index >= 15 is 0 Å². The van der Waals surface area contributed by atoms with E-state index in [0.717, 1.165) is 10.9 Å². The molecule has 1 aromatic heterocycles. The Morgan fingerprint density at radius 1 is 0.789 bits per heavy atom. The van der Waals surface area contributed by atoms with Crippen LogP contribution in [0.4, 0.5) is 0 Å². The fraction of sp³-hybridized carbons (Fsp3) is 0. The van der Waals surface area contributed by atoms with E-state index in [1.807, 2.05) is 6.07 Å². The molecule has 0 bridgehead atoms. The molecule has 2 radical (unpaired) electrons. The van der Waals surface area contributed by atoms with Crippen LogP contribution in [0.3, 0.4) is 0 Å². The molecule has 0 aliphatic carbocycles. The minimum Gasteiger partial charge on any atom is -0.256 e. The Bertz CT molecular complexity index is 928. The van der Waals surface area contributed by atoms with E-state index in [1.54, 1.807) is 6.20 Å². The number of fused-ring (bicyclic) bond motifs is 5. The number of hydrogen-bond acceptors (Lipinski definition) is 1. The van der Waals surface area contributed by atoms with E-state index < -0.39 is 0 Å². The average molecular weight is 239 g/mol. The van der Waals surface area contributed by atoms with Crippen LogP contribution >= 0.6 is 0 Å². The zero-order chi connectivity index (χ0) is 12.8. The summed E-state index contributed by atoms with van der Waals surface area (Å²) in [6, 6.07) is 18.9. The summed E-state index contributed by atoms with van der Waals surface area (Å²) >= 11 is 0. The third-order valence-electron chi connectivity index (χ3n) is 3.58. The van der Waals surface area contributed by atoms with Gasteiger partial charge in [0.1, 0.15) is 7.85 Å². The first-order chi connectivity index (χ1) is 9.33. The molecular formula is C17H10BN. The lowest BCUT2D eigenvalue weighted by atomic mass is 9.94. The highest BCUT2D eigenvalue weighted by Gasteiger charge is 2.05. The van der Waals surface area contributed by atoms with Crippen LogP contribution in [0.1, 0.15) is 0 Å². The largest absolute Gasteiger partial charge is 0.256 e. The number of aromatic nitrogens is 1. The summed E-state index contributed by atoms with van der Waals surface area (Å²) < 4.78 is 0. The Hall–Kier alpha value is -2.35. The van der Waals surface area contributed by atoms with Crippen molar-refractivity contribution in [3.63, 3.8) is 0 Å². The predicted octanol–water partition coefficient (Wildman–Crippen LogP) is 3.34. The van der Waals surface area contributed by atoms with Gasteiger partial charge in [-0.3, -0.25) is 4.98 Å². The maximum atomic E-state index is 5.82. The predicted molar refractivity (Wildman–Crippen MR) is 82.1 cm³/mol. The van der Waals surface area contributed by atoms with Crippen molar-refractivity contribution in [2.75, 3.05) is 0 Å². The third-order valence-corrected chi connectivity index (χ3v) is 3.58. The SMILES string of the molecule is [B]c1cnc2c(ccc3ccc4ccccc4c32)c1. The maximum Gasteiger partial charge on any atom is 0.115 e. The summed E-state index contributed by atoms with van der Waals surface area (Å²) in [5.74, 6) is 0. The molecule has 0 amide bonds. The van der Waals surface area contributed by atoms with E-state index in [2.05, 4.69) is 53.5 Å². The molecular weight excluding hydrogens is 229 g/mol. The molecule has 1 nitrogen and oxygen atoms in total. The first-order valence-corrected chi connectivity index (χ1v) is 6.29. The van der Waals surface area contributed by atoms with Gasteiger partial charge >= 0.3 is 0 Å². The lowest BCUT2D eigenvalue weighted by Gasteiger charge is -2.07. The van der Waals surface area contributed by atoms with Gasteiger partial charge in [0, 0.05) is 17.0 Å². The zero-order valence-corrected chi connectivity index (χ0v) is 10.3. The first-order valence-electron chi connectivity index (χ1n) is 6.29. The van der Waals surface area contributed by atoms with Crippen molar-refractivity contribution in [1.29, 1.82) is 0 Å². The molecule has 0 saturated carbocycles. The van der Waals surface area contributed by atoms with Crippen molar-refractivity contribution in [1.82, 2.24) is 4.98 Å². The summed E-state index contributed by atoms with van der Waals surface area (Å²) in [6.45, 7) is 0. The topological polar surface area (TPSA) is 12.9 Å². The van der Waals surface area contributed by atoms with E-state index in [9.17, 15) is 0 Å². The van der Waals surface area contributed by atoms with Gasteiger partial charge in [-0.15, -0.1) is 0 Å². The van der Waals surface area contributed by atoms with Gasteiger partial charge in [-0.1, -0.05) is 60.1 Å². The van der Waals surface area contributed by atoms with Crippen LogP contribution in [-0.2, 0) is 0 Å². The molecule has 0 unspecified atom stereocenters. The standard InChI is InChI=1S/C17H10BN/c18-14-9-13-8-7-12-6-5-11-3-1-2-4-15(11)16(12)17(13)19-10-14/h1-10H. The Balaban J connectivity index is 2.33. The fourth-order valence-electron chi connectivity index (χ4n) is 2.71. The van der Waals surface area contributed by atoms with Crippen LogP contribution in [0.15, 0.2) is 60.8 Å². The van der Waals surface area contributed by atoms with Crippen LogP contribution in [0, 0.1) is 0 Å². The van der Waals surface area contributed by atoms with E-state index in [1.165, 1.54) is 21.5 Å². The van der Waals surface area contributed by atoms with Crippen molar-refractivity contribution >= 4 is 45.8 Å². The summed E-state index contributed by atoms with van der Waals surface area (Å²) in [5.41, 5.74) is 1.72. The second-order valence-corrected chi connectivity index (χ2v) is 4.79. The second kappa shape index (κ2) is 3.82. The summed E-state index contributed by atoms with van der Waals surface area (Å²) in [6.07, 6.45) is 1.73. The van der Waals surface area contributed by atoms with Crippen LogP contribution in [-0.4, -0.2) is 12.8 Å². The lowest BCUT2D eigenvalue weighted by molar-refractivity contribution is 1.45. The van der Waals surface area contributed by atoms with Gasteiger partial charge in [0.2, 0.25) is 0 Å². The van der Waals surface area contributed by atoms with Crippen LogP contribution in [0.25, 0.3) is 32.4 Å². The Morgan fingerprint density at radius 3 is 2.42 bits per heavy atom. The molecule has 4 aromatic rings. The summed E-state index contributed by atoms with van der Waals surface area (Å²) in [5, 5.41) is 5.98. The number of rotatable bonds is 0. The molecule has 0 spiro atoms. The molecule has 0 fully saturated rings. The smallest absolute Gasteiger partial charge is 0.115 e. The van der Waals surface area contributed by atoms with Gasteiger partial charge in [-0.05, 0) is 16.2 Å². The van der Waals surface area contributed by atoms with Gasteiger partial charge in [-0.2, -0.15) is 0 Å². The van der Waals surface area contributed by atoms with E-state index in [0.29, 0.717) is 5.46 Å². The Labute approximate surface area is 112 Å². The van der Waals surface area contributed by atoms with Crippen molar-refractivity contribution in [3.8, 4) is 0 Å². The van der Waals surface area contributed by atoms with E-state index in [-0.39, 0.29) is 0 Å². The summed E-state index contributed by atoms with van der Waals surface area (Å²) in [7, 11) is 5.82. The number of benzene rings is 3. The molecule has 3 aromatic carbocycles. The molecule has 86 valence electrons. The van der Waals surface area contributed by atoms with Gasteiger partial charge in [0.15, 0.2) is 0 Å². The molecule has 0 aliphatic rings.